The van der Waals surface area contributed by atoms with Crippen LogP contribution in [0.4, 0.5) is 0 Å². The third kappa shape index (κ3) is 4.34. The van der Waals surface area contributed by atoms with Crippen LogP contribution >= 0.6 is 0 Å². The average molecular weight is 173 g/mol. The second-order valence-corrected chi connectivity index (χ2v) is 3.11. The van der Waals surface area contributed by atoms with Crippen molar-refractivity contribution in [3.8, 4) is 0 Å². The van der Waals surface area contributed by atoms with Crippen molar-refractivity contribution >= 4 is 5.97 Å². The summed E-state index contributed by atoms with van der Waals surface area (Å²) in [7, 11) is 0. The van der Waals surface area contributed by atoms with Crippen LogP contribution in [-0.4, -0.2) is 18.6 Å². The van der Waals surface area contributed by atoms with E-state index in [1.54, 1.807) is 6.92 Å². The van der Waals surface area contributed by atoms with E-state index in [4.69, 9.17) is 10.5 Å². The molecule has 2 N–H and O–H groups in total. The van der Waals surface area contributed by atoms with Gasteiger partial charge >= 0.3 is 5.97 Å². The Morgan fingerprint density at radius 1 is 1.50 bits per heavy atom. The van der Waals surface area contributed by atoms with Crippen LogP contribution in [0.1, 0.15) is 33.6 Å². The molecule has 0 aromatic carbocycles. The maximum Gasteiger partial charge on any atom is 0.322 e. The Balaban J connectivity index is 3.70. The molecule has 0 bridgehead atoms. The smallest absolute Gasteiger partial charge is 0.322 e. The van der Waals surface area contributed by atoms with Gasteiger partial charge in [0.05, 0.1) is 6.61 Å². The van der Waals surface area contributed by atoms with Crippen LogP contribution in [0.15, 0.2) is 0 Å². The van der Waals surface area contributed by atoms with Gasteiger partial charge < -0.3 is 10.5 Å². The summed E-state index contributed by atoms with van der Waals surface area (Å²) in [6.45, 7) is 6.36. The highest BCUT2D eigenvalue weighted by molar-refractivity contribution is 5.75. The van der Waals surface area contributed by atoms with Crippen molar-refractivity contribution in [2.45, 2.75) is 39.7 Å². The molecule has 0 aromatic heterocycles. The van der Waals surface area contributed by atoms with Gasteiger partial charge in [-0.2, -0.15) is 0 Å². The van der Waals surface area contributed by atoms with Gasteiger partial charge in [-0.05, 0) is 19.3 Å². The highest BCUT2D eigenvalue weighted by atomic mass is 16.5. The SMILES string of the molecule is CCOC(=O)[C@H](N)CC(C)CC. The van der Waals surface area contributed by atoms with Crippen LogP contribution in [0.25, 0.3) is 0 Å². The molecule has 0 spiro atoms. The van der Waals surface area contributed by atoms with Crippen LogP contribution < -0.4 is 5.73 Å². The van der Waals surface area contributed by atoms with E-state index in [-0.39, 0.29) is 5.97 Å². The van der Waals surface area contributed by atoms with E-state index >= 15 is 0 Å². The molecule has 2 atom stereocenters. The molecule has 0 saturated heterocycles. The maximum atomic E-state index is 11.0. The minimum Gasteiger partial charge on any atom is -0.465 e. The molecule has 0 heterocycles. The van der Waals surface area contributed by atoms with Gasteiger partial charge in [0.25, 0.3) is 0 Å². The number of rotatable bonds is 5. The lowest BCUT2D eigenvalue weighted by atomic mass is 10.0. The fourth-order valence-electron chi connectivity index (χ4n) is 0.946. The zero-order chi connectivity index (χ0) is 9.56. The zero-order valence-electron chi connectivity index (χ0n) is 8.17. The minimum atomic E-state index is -0.445. The number of nitrogens with two attached hydrogens (primary N) is 1. The number of hydrogen-bond acceptors (Lipinski definition) is 3. The summed E-state index contributed by atoms with van der Waals surface area (Å²) >= 11 is 0. The minimum absolute atomic E-state index is 0.280. The molecule has 0 aromatic rings. The van der Waals surface area contributed by atoms with Gasteiger partial charge in [0, 0.05) is 0 Å². The third-order valence-corrected chi connectivity index (χ3v) is 1.94. The van der Waals surface area contributed by atoms with Crippen molar-refractivity contribution in [2.24, 2.45) is 11.7 Å². The summed E-state index contributed by atoms with van der Waals surface area (Å²) in [6.07, 6.45) is 1.77. The number of esters is 1. The predicted molar refractivity (Wildman–Crippen MR) is 48.7 cm³/mol. The van der Waals surface area contributed by atoms with Crippen molar-refractivity contribution in [1.82, 2.24) is 0 Å². The molecule has 72 valence electrons. The Hall–Kier alpha value is -0.570. The molecule has 0 aliphatic heterocycles. The zero-order valence-corrected chi connectivity index (χ0v) is 8.17. The fraction of sp³-hybridized carbons (Fsp3) is 0.889. The van der Waals surface area contributed by atoms with E-state index in [0.29, 0.717) is 12.5 Å². The largest absolute Gasteiger partial charge is 0.465 e. The van der Waals surface area contributed by atoms with Gasteiger partial charge in [0.15, 0.2) is 0 Å². The van der Waals surface area contributed by atoms with Crippen LogP contribution in [0.5, 0.6) is 0 Å². The second-order valence-electron chi connectivity index (χ2n) is 3.11. The number of carbonyl (C=O) groups is 1. The van der Waals surface area contributed by atoms with Gasteiger partial charge in [-0.1, -0.05) is 20.3 Å². The predicted octanol–water partition coefficient (Wildman–Crippen LogP) is 1.31. The third-order valence-electron chi connectivity index (χ3n) is 1.94. The lowest BCUT2D eigenvalue weighted by Gasteiger charge is -2.14. The second kappa shape index (κ2) is 6.00. The van der Waals surface area contributed by atoms with E-state index in [9.17, 15) is 4.79 Å². The van der Waals surface area contributed by atoms with Gasteiger partial charge in [0.2, 0.25) is 0 Å². The van der Waals surface area contributed by atoms with Gasteiger partial charge in [-0.25, -0.2) is 0 Å². The monoisotopic (exact) mass is 173 g/mol. The Labute approximate surface area is 74.3 Å². The van der Waals surface area contributed by atoms with Crippen molar-refractivity contribution < 1.29 is 9.53 Å². The van der Waals surface area contributed by atoms with E-state index < -0.39 is 6.04 Å². The van der Waals surface area contributed by atoms with E-state index in [0.717, 1.165) is 12.8 Å². The fourth-order valence-corrected chi connectivity index (χ4v) is 0.946. The molecular weight excluding hydrogens is 154 g/mol. The first kappa shape index (κ1) is 11.4. The molecule has 0 fully saturated rings. The van der Waals surface area contributed by atoms with Gasteiger partial charge in [-0.3, -0.25) is 4.79 Å². The topological polar surface area (TPSA) is 52.3 Å². The number of hydrogen-bond donors (Lipinski definition) is 1. The lowest BCUT2D eigenvalue weighted by molar-refractivity contribution is -0.145. The van der Waals surface area contributed by atoms with E-state index in [1.165, 1.54) is 0 Å². The standard InChI is InChI=1S/C9H19NO2/c1-4-7(3)6-8(10)9(11)12-5-2/h7-8H,4-6,10H2,1-3H3/t7?,8-/m1/s1. The van der Waals surface area contributed by atoms with E-state index in [1.807, 2.05) is 0 Å². The number of ether oxygens (including phenoxy) is 1. The van der Waals surface area contributed by atoms with Crippen LogP contribution in [0, 0.1) is 5.92 Å². The lowest BCUT2D eigenvalue weighted by Crippen LogP contribution is -2.33. The van der Waals surface area contributed by atoms with Crippen molar-refractivity contribution in [3.05, 3.63) is 0 Å². The first-order valence-electron chi connectivity index (χ1n) is 4.54. The highest BCUT2D eigenvalue weighted by Crippen LogP contribution is 2.09. The quantitative estimate of drug-likeness (QED) is 0.638. The van der Waals surface area contributed by atoms with Gasteiger partial charge in [0.1, 0.15) is 6.04 Å². The van der Waals surface area contributed by atoms with E-state index in [2.05, 4.69) is 13.8 Å². The summed E-state index contributed by atoms with van der Waals surface area (Å²) in [5.41, 5.74) is 5.61. The summed E-state index contributed by atoms with van der Waals surface area (Å²) in [5.74, 6) is 0.210. The first-order valence-corrected chi connectivity index (χ1v) is 4.54. The Kier molecular flexibility index (Phi) is 5.72. The maximum absolute atomic E-state index is 11.0. The molecule has 1 unspecified atom stereocenters. The molecular formula is C9H19NO2. The normalized spacial score (nSPS) is 15.3. The molecule has 3 heteroatoms. The molecule has 0 aliphatic carbocycles. The molecule has 0 amide bonds. The van der Waals surface area contributed by atoms with Gasteiger partial charge in [-0.15, -0.1) is 0 Å². The Morgan fingerprint density at radius 3 is 2.50 bits per heavy atom. The Morgan fingerprint density at radius 2 is 2.08 bits per heavy atom. The van der Waals surface area contributed by atoms with Crippen LogP contribution in [0.3, 0.4) is 0 Å². The molecule has 0 radical (unpaired) electrons. The summed E-state index contributed by atoms with van der Waals surface area (Å²) in [4.78, 5) is 11.0. The summed E-state index contributed by atoms with van der Waals surface area (Å²) < 4.78 is 4.79. The van der Waals surface area contributed by atoms with Crippen molar-refractivity contribution in [1.29, 1.82) is 0 Å². The molecule has 0 rings (SSSR count). The highest BCUT2D eigenvalue weighted by Gasteiger charge is 2.16. The molecule has 12 heavy (non-hydrogen) atoms. The molecule has 0 saturated carbocycles. The summed E-state index contributed by atoms with van der Waals surface area (Å²) in [5, 5.41) is 0. The molecule has 0 aliphatic rings. The number of carbonyl (C=O) groups excluding carboxylic acids is 1. The van der Waals surface area contributed by atoms with Crippen LogP contribution in [0.2, 0.25) is 0 Å². The first-order chi connectivity index (χ1) is 5.61. The average Bonchev–Trinajstić information content (AvgIpc) is 2.04. The van der Waals surface area contributed by atoms with Crippen molar-refractivity contribution in [2.75, 3.05) is 6.61 Å². The summed E-state index contributed by atoms with van der Waals surface area (Å²) in [6, 6.07) is -0.445. The Bertz CT molecular complexity index is 136. The van der Waals surface area contributed by atoms with Crippen molar-refractivity contribution in [3.63, 3.8) is 0 Å². The molecule has 3 nitrogen and oxygen atoms in total. The van der Waals surface area contributed by atoms with Crippen LogP contribution in [-0.2, 0) is 9.53 Å².